The van der Waals surface area contributed by atoms with Gasteiger partial charge in [0, 0.05) is 0 Å². The number of methoxy groups -OCH3 is 1. The zero-order chi connectivity index (χ0) is 10.9. The Bertz CT molecular complexity index is 266. The van der Waals surface area contributed by atoms with Gasteiger partial charge in [0.25, 0.3) is 0 Å². The molecule has 1 N–H and O–H groups in total. The molecule has 0 unspecified atom stereocenters. The fourth-order valence-corrected chi connectivity index (χ4v) is 1.93. The molecule has 0 radical (unpaired) electrons. The molecule has 3 heteroatoms. The normalized spacial score (nSPS) is 29.9. The van der Waals surface area contributed by atoms with E-state index in [9.17, 15) is 4.79 Å². The number of rotatable bonds is 3. The zero-order valence-electron chi connectivity index (χ0n) is 9.20. The third kappa shape index (κ3) is 1.82. The van der Waals surface area contributed by atoms with Crippen molar-refractivity contribution in [1.82, 2.24) is 0 Å². The van der Waals surface area contributed by atoms with Crippen molar-refractivity contribution in [3.63, 3.8) is 0 Å². The molecule has 0 bridgehead atoms. The van der Waals surface area contributed by atoms with Crippen molar-refractivity contribution in [3.05, 3.63) is 11.6 Å². The lowest BCUT2D eigenvalue weighted by Gasteiger charge is -1.99. The second-order valence-electron chi connectivity index (χ2n) is 4.52. The monoisotopic (exact) mass is 198 g/mol. The maximum Gasteiger partial charge on any atom is 0.309 e. The molecule has 0 aromatic rings. The molecule has 0 aliphatic heterocycles. The number of carbonyl (C=O) groups excluding carboxylic acids is 1. The predicted octanol–water partition coefficient (Wildman–Crippen LogP) is 1.37. The highest BCUT2D eigenvalue weighted by Crippen LogP contribution is 2.59. The van der Waals surface area contributed by atoms with E-state index in [0.29, 0.717) is 0 Å². The first kappa shape index (κ1) is 11.2. The standard InChI is InChI=1S/C11H18O3/c1-7(6-12)5-8-9(10(13)14-4)11(8,2)3/h5,8-9,12H,6H2,1-4H3/t8-,9+/m0/s1. The quantitative estimate of drug-likeness (QED) is 0.550. The van der Waals surface area contributed by atoms with Crippen LogP contribution in [0.2, 0.25) is 0 Å². The van der Waals surface area contributed by atoms with E-state index in [1.807, 2.05) is 26.8 Å². The highest BCUT2D eigenvalue weighted by atomic mass is 16.5. The van der Waals surface area contributed by atoms with Crippen molar-refractivity contribution in [3.8, 4) is 0 Å². The summed E-state index contributed by atoms with van der Waals surface area (Å²) in [5.74, 6) is 0.0121. The summed E-state index contributed by atoms with van der Waals surface area (Å²) in [5, 5.41) is 8.88. The van der Waals surface area contributed by atoms with Gasteiger partial charge in [0.1, 0.15) is 0 Å². The molecule has 80 valence electrons. The van der Waals surface area contributed by atoms with Crippen LogP contribution < -0.4 is 0 Å². The fraction of sp³-hybridized carbons (Fsp3) is 0.727. The number of allylic oxidation sites excluding steroid dienone is 1. The van der Waals surface area contributed by atoms with E-state index in [0.717, 1.165) is 5.57 Å². The molecule has 1 rings (SSSR count). The van der Waals surface area contributed by atoms with Crippen LogP contribution in [0, 0.1) is 17.3 Å². The van der Waals surface area contributed by atoms with E-state index in [4.69, 9.17) is 9.84 Å². The molecule has 1 aliphatic rings. The van der Waals surface area contributed by atoms with Crippen molar-refractivity contribution in [2.45, 2.75) is 20.8 Å². The van der Waals surface area contributed by atoms with Crippen LogP contribution >= 0.6 is 0 Å². The molecule has 3 nitrogen and oxygen atoms in total. The molecule has 1 fully saturated rings. The molecular formula is C11H18O3. The van der Waals surface area contributed by atoms with E-state index in [1.165, 1.54) is 7.11 Å². The molecule has 0 saturated heterocycles. The first-order valence-electron chi connectivity index (χ1n) is 4.81. The Balaban J connectivity index is 2.71. The van der Waals surface area contributed by atoms with Gasteiger partial charge in [-0.3, -0.25) is 4.79 Å². The Morgan fingerprint density at radius 1 is 1.57 bits per heavy atom. The van der Waals surface area contributed by atoms with E-state index < -0.39 is 0 Å². The molecule has 2 atom stereocenters. The van der Waals surface area contributed by atoms with Crippen molar-refractivity contribution in [1.29, 1.82) is 0 Å². The highest BCUT2D eigenvalue weighted by molar-refractivity contribution is 5.78. The van der Waals surface area contributed by atoms with Crippen molar-refractivity contribution < 1.29 is 14.6 Å². The van der Waals surface area contributed by atoms with Gasteiger partial charge in [-0.2, -0.15) is 0 Å². The number of aliphatic hydroxyl groups excluding tert-OH is 1. The van der Waals surface area contributed by atoms with Crippen molar-refractivity contribution in [2.24, 2.45) is 17.3 Å². The second kappa shape index (κ2) is 3.73. The average Bonchev–Trinajstić information content (AvgIpc) is 2.67. The lowest BCUT2D eigenvalue weighted by molar-refractivity contribution is -0.143. The van der Waals surface area contributed by atoms with Gasteiger partial charge in [0.2, 0.25) is 0 Å². The molecule has 0 aromatic carbocycles. The number of hydrogen-bond acceptors (Lipinski definition) is 3. The van der Waals surface area contributed by atoms with Gasteiger partial charge in [-0.15, -0.1) is 0 Å². The number of hydrogen-bond donors (Lipinski definition) is 1. The summed E-state index contributed by atoms with van der Waals surface area (Å²) in [5.41, 5.74) is 0.887. The van der Waals surface area contributed by atoms with Gasteiger partial charge in [-0.25, -0.2) is 0 Å². The van der Waals surface area contributed by atoms with Gasteiger partial charge in [0.15, 0.2) is 0 Å². The number of ether oxygens (including phenoxy) is 1. The minimum absolute atomic E-state index is 0.0243. The van der Waals surface area contributed by atoms with Crippen LogP contribution in [-0.2, 0) is 9.53 Å². The van der Waals surface area contributed by atoms with Crippen LogP contribution in [-0.4, -0.2) is 24.8 Å². The summed E-state index contributed by atoms with van der Waals surface area (Å²) < 4.78 is 4.72. The molecule has 0 spiro atoms. The lowest BCUT2D eigenvalue weighted by Crippen LogP contribution is -2.07. The van der Waals surface area contributed by atoms with Crippen molar-refractivity contribution >= 4 is 5.97 Å². The molecule has 0 heterocycles. The van der Waals surface area contributed by atoms with Crippen LogP contribution in [0.4, 0.5) is 0 Å². The van der Waals surface area contributed by atoms with Crippen LogP contribution in [0.3, 0.4) is 0 Å². The topological polar surface area (TPSA) is 46.5 Å². The van der Waals surface area contributed by atoms with Gasteiger partial charge in [0.05, 0.1) is 19.6 Å². The Hall–Kier alpha value is -0.830. The van der Waals surface area contributed by atoms with Gasteiger partial charge in [-0.1, -0.05) is 25.5 Å². The summed E-state index contributed by atoms with van der Waals surface area (Å²) in [7, 11) is 1.41. The fourth-order valence-electron chi connectivity index (χ4n) is 1.93. The third-order valence-electron chi connectivity index (χ3n) is 3.08. The molecule has 14 heavy (non-hydrogen) atoms. The number of aliphatic hydroxyl groups is 1. The number of esters is 1. The molecule has 1 saturated carbocycles. The summed E-state index contributed by atoms with van der Waals surface area (Å²) >= 11 is 0. The first-order chi connectivity index (χ1) is 6.45. The third-order valence-corrected chi connectivity index (χ3v) is 3.08. The highest BCUT2D eigenvalue weighted by Gasteiger charge is 2.61. The van der Waals surface area contributed by atoms with Gasteiger partial charge >= 0.3 is 5.97 Å². The first-order valence-corrected chi connectivity index (χ1v) is 4.81. The van der Waals surface area contributed by atoms with Gasteiger partial charge in [-0.05, 0) is 18.3 Å². The second-order valence-corrected chi connectivity index (χ2v) is 4.52. The molecule has 0 aromatic heterocycles. The van der Waals surface area contributed by atoms with E-state index in [2.05, 4.69) is 0 Å². The van der Waals surface area contributed by atoms with Crippen molar-refractivity contribution in [2.75, 3.05) is 13.7 Å². The summed E-state index contributed by atoms with van der Waals surface area (Å²) in [6.45, 7) is 6.00. The predicted molar refractivity (Wildman–Crippen MR) is 53.6 cm³/mol. The Kier molecular flexibility index (Phi) is 3.00. The summed E-state index contributed by atoms with van der Waals surface area (Å²) in [4.78, 5) is 11.4. The van der Waals surface area contributed by atoms with Crippen LogP contribution in [0.5, 0.6) is 0 Å². The molecule has 0 amide bonds. The average molecular weight is 198 g/mol. The van der Waals surface area contributed by atoms with E-state index in [1.54, 1.807) is 0 Å². The minimum atomic E-state index is -0.151. The minimum Gasteiger partial charge on any atom is -0.469 e. The molecular weight excluding hydrogens is 180 g/mol. The number of carbonyl (C=O) groups is 1. The van der Waals surface area contributed by atoms with Gasteiger partial charge < -0.3 is 9.84 Å². The van der Waals surface area contributed by atoms with E-state index in [-0.39, 0.29) is 29.8 Å². The maximum absolute atomic E-state index is 11.4. The SMILES string of the molecule is COC(=O)[C@H]1[C@H](C=C(C)CO)C1(C)C. The van der Waals surface area contributed by atoms with Crippen LogP contribution in [0.15, 0.2) is 11.6 Å². The van der Waals surface area contributed by atoms with Crippen LogP contribution in [0.1, 0.15) is 20.8 Å². The maximum atomic E-state index is 11.4. The smallest absolute Gasteiger partial charge is 0.309 e. The zero-order valence-corrected chi connectivity index (χ0v) is 9.20. The Labute approximate surface area is 84.8 Å². The van der Waals surface area contributed by atoms with Crippen LogP contribution in [0.25, 0.3) is 0 Å². The largest absolute Gasteiger partial charge is 0.469 e. The molecule has 1 aliphatic carbocycles. The Morgan fingerprint density at radius 3 is 2.57 bits per heavy atom. The summed E-state index contributed by atoms with van der Waals surface area (Å²) in [6.07, 6.45) is 1.97. The lowest BCUT2D eigenvalue weighted by atomic mass is 10.1. The van der Waals surface area contributed by atoms with E-state index >= 15 is 0 Å². The summed E-state index contributed by atoms with van der Waals surface area (Å²) in [6, 6.07) is 0. The Morgan fingerprint density at radius 2 is 2.14 bits per heavy atom.